The number of nitrogen functional groups attached to an aromatic ring is 1. The first kappa shape index (κ1) is 11.5. The third kappa shape index (κ3) is 2.45. The van der Waals surface area contributed by atoms with E-state index in [4.69, 9.17) is 17.4 Å². The number of hydrogen-bond donors (Lipinski definition) is 2. The molecule has 5 nitrogen and oxygen atoms in total. The van der Waals surface area contributed by atoms with Crippen molar-refractivity contribution in [3.63, 3.8) is 0 Å². The Morgan fingerprint density at radius 2 is 2.13 bits per heavy atom. The molecule has 0 saturated heterocycles. The minimum atomic E-state index is -0.556. The second-order valence-electron chi connectivity index (χ2n) is 2.66. The van der Waals surface area contributed by atoms with Crippen molar-refractivity contribution >= 4 is 23.5 Å². The summed E-state index contributed by atoms with van der Waals surface area (Å²) in [6, 6.07) is 4.18. The Balaban J connectivity index is 3.08. The van der Waals surface area contributed by atoms with Crippen LogP contribution in [0.3, 0.4) is 0 Å². The molecule has 0 aliphatic carbocycles. The molecule has 1 aromatic rings. The van der Waals surface area contributed by atoms with Crippen molar-refractivity contribution < 1.29 is 14.3 Å². The predicted octanol–water partition coefficient (Wildman–Crippen LogP) is 0.730. The van der Waals surface area contributed by atoms with Gasteiger partial charge in [-0.3, -0.25) is 10.2 Å². The maximum Gasteiger partial charge on any atom is 0.339 e. The van der Waals surface area contributed by atoms with E-state index in [1.54, 1.807) is 0 Å². The van der Waals surface area contributed by atoms with Crippen molar-refractivity contribution in [2.24, 2.45) is 5.84 Å². The highest BCUT2D eigenvalue weighted by Gasteiger charge is 2.12. The van der Waals surface area contributed by atoms with Crippen molar-refractivity contribution in [3.05, 3.63) is 34.3 Å². The maximum atomic E-state index is 11.2. The lowest BCUT2D eigenvalue weighted by Crippen LogP contribution is -2.30. The second kappa shape index (κ2) is 4.77. The second-order valence-corrected chi connectivity index (χ2v) is 3.07. The quantitative estimate of drug-likeness (QED) is 0.338. The van der Waals surface area contributed by atoms with Crippen LogP contribution in [0.5, 0.6) is 0 Å². The molecule has 3 N–H and O–H groups in total. The predicted molar refractivity (Wildman–Crippen MR) is 54.4 cm³/mol. The van der Waals surface area contributed by atoms with E-state index < -0.39 is 11.9 Å². The smallest absolute Gasteiger partial charge is 0.339 e. The molecule has 0 saturated carbocycles. The van der Waals surface area contributed by atoms with Crippen LogP contribution in [0.15, 0.2) is 18.2 Å². The Morgan fingerprint density at radius 1 is 1.47 bits per heavy atom. The van der Waals surface area contributed by atoms with Gasteiger partial charge in [-0.25, -0.2) is 10.6 Å². The van der Waals surface area contributed by atoms with Crippen molar-refractivity contribution in [2.45, 2.75) is 0 Å². The van der Waals surface area contributed by atoms with Crippen LogP contribution in [0.2, 0.25) is 5.02 Å². The van der Waals surface area contributed by atoms with Crippen LogP contribution in [0.1, 0.15) is 20.7 Å². The number of nitrogens with two attached hydrogens (primary N) is 1. The number of amides is 1. The van der Waals surface area contributed by atoms with E-state index in [1.807, 2.05) is 5.43 Å². The van der Waals surface area contributed by atoms with Gasteiger partial charge in [0, 0.05) is 5.56 Å². The molecule has 0 fully saturated rings. The van der Waals surface area contributed by atoms with Crippen LogP contribution >= 0.6 is 11.6 Å². The number of methoxy groups -OCH3 is 1. The Kier molecular flexibility index (Phi) is 3.65. The molecule has 1 amide bonds. The summed E-state index contributed by atoms with van der Waals surface area (Å²) in [5, 5.41) is 0.142. The van der Waals surface area contributed by atoms with E-state index in [1.165, 1.54) is 25.3 Å². The molecule has 0 atom stereocenters. The zero-order chi connectivity index (χ0) is 11.4. The molecule has 1 aromatic carbocycles. The van der Waals surface area contributed by atoms with E-state index in [-0.39, 0.29) is 16.1 Å². The molecule has 0 aromatic heterocycles. The number of carbonyl (C=O) groups is 2. The van der Waals surface area contributed by atoms with E-state index in [0.29, 0.717) is 0 Å². The van der Waals surface area contributed by atoms with Crippen LogP contribution in [0.4, 0.5) is 0 Å². The number of nitrogens with one attached hydrogen (secondary N) is 1. The summed E-state index contributed by atoms with van der Waals surface area (Å²) in [6.07, 6.45) is 0. The molecular weight excluding hydrogens is 220 g/mol. The number of hydrogen-bond acceptors (Lipinski definition) is 4. The molecule has 0 aliphatic heterocycles. The monoisotopic (exact) mass is 228 g/mol. The van der Waals surface area contributed by atoms with Gasteiger partial charge >= 0.3 is 5.97 Å². The van der Waals surface area contributed by atoms with Gasteiger partial charge in [-0.15, -0.1) is 0 Å². The summed E-state index contributed by atoms with van der Waals surface area (Å²) in [5.74, 6) is 3.91. The lowest BCUT2D eigenvalue weighted by atomic mass is 10.1. The number of ether oxygens (including phenoxy) is 1. The highest BCUT2D eigenvalue weighted by atomic mass is 35.5. The Labute approximate surface area is 91.1 Å². The minimum Gasteiger partial charge on any atom is -0.465 e. The number of rotatable bonds is 2. The fourth-order valence-electron chi connectivity index (χ4n) is 1.02. The third-order valence-corrected chi connectivity index (χ3v) is 2.08. The Morgan fingerprint density at radius 3 is 2.60 bits per heavy atom. The van der Waals surface area contributed by atoms with Crippen LogP contribution < -0.4 is 11.3 Å². The Hall–Kier alpha value is -1.59. The molecule has 80 valence electrons. The summed E-state index contributed by atoms with van der Waals surface area (Å²) in [7, 11) is 1.25. The van der Waals surface area contributed by atoms with Gasteiger partial charge in [0.1, 0.15) is 0 Å². The first-order chi connectivity index (χ1) is 7.10. The fourth-order valence-corrected chi connectivity index (χ4v) is 1.27. The molecule has 15 heavy (non-hydrogen) atoms. The van der Waals surface area contributed by atoms with Crippen LogP contribution in [0, 0.1) is 0 Å². The topological polar surface area (TPSA) is 81.4 Å². The summed E-state index contributed by atoms with van der Waals surface area (Å²) >= 11 is 5.78. The van der Waals surface area contributed by atoms with Crippen molar-refractivity contribution in [1.29, 1.82) is 0 Å². The molecular formula is C9H9ClN2O3. The molecule has 1 rings (SSSR count). The average Bonchev–Trinajstić information content (AvgIpc) is 2.26. The van der Waals surface area contributed by atoms with Crippen molar-refractivity contribution in [3.8, 4) is 0 Å². The van der Waals surface area contributed by atoms with Gasteiger partial charge < -0.3 is 4.74 Å². The highest BCUT2D eigenvalue weighted by Crippen LogP contribution is 2.18. The largest absolute Gasteiger partial charge is 0.465 e. The molecule has 0 unspecified atom stereocenters. The summed E-state index contributed by atoms with van der Waals surface area (Å²) < 4.78 is 4.50. The van der Waals surface area contributed by atoms with Crippen LogP contribution in [-0.2, 0) is 4.74 Å². The standard InChI is InChI=1S/C9H9ClN2O3/c1-15-9(14)6-3-2-5(4-7(6)10)8(13)12-11/h2-4H,11H2,1H3,(H,12,13). The zero-order valence-electron chi connectivity index (χ0n) is 7.91. The normalized spacial score (nSPS) is 9.53. The number of hydrazine groups is 1. The zero-order valence-corrected chi connectivity index (χ0v) is 8.67. The molecule has 6 heteroatoms. The number of esters is 1. The van der Waals surface area contributed by atoms with Crippen molar-refractivity contribution in [1.82, 2.24) is 5.43 Å². The van der Waals surface area contributed by atoms with Gasteiger partial charge in [-0.05, 0) is 18.2 Å². The van der Waals surface area contributed by atoms with Crippen molar-refractivity contribution in [2.75, 3.05) is 7.11 Å². The van der Waals surface area contributed by atoms with Gasteiger partial charge in [0.15, 0.2) is 0 Å². The van der Waals surface area contributed by atoms with E-state index in [9.17, 15) is 9.59 Å². The molecule has 0 radical (unpaired) electrons. The SMILES string of the molecule is COC(=O)c1ccc(C(=O)NN)cc1Cl. The molecule has 0 heterocycles. The molecule has 0 bridgehead atoms. The highest BCUT2D eigenvalue weighted by molar-refractivity contribution is 6.34. The van der Waals surface area contributed by atoms with Gasteiger partial charge in [0.25, 0.3) is 5.91 Å². The minimum absolute atomic E-state index is 0.142. The van der Waals surface area contributed by atoms with Gasteiger partial charge in [0.05, 0.1) is 17.7 Å². The van der Waals surface area contributed by atoms with Gasteiger partial charge in [-0.2, -0.15) is 0 Å². The number of benzene rings is 1. The number of carbonyl (C=O) groups excluding carboxylic acids is 2. The van der Waals surface area contributed by atoms with E-state index >= 15 is 0 Å². The van der Waals surface area contributed by atoms with Gasteiger partial charge in [0.2, 0.25) is 0 Å². The summed E-state index contributed by atoms with van der Waals surface area (Å²) in [4.78, 5) is 22.3. The molecule has 0 aliphatic rings. The lowest BCUT2D eigenvalue weighted by molar-refractivity contribution is 0.0600. The average molecular weight is 229 g/mol. The van der Waals surface area contributed by atoms with E-state index in [0.717, 1.165) is 0 Å². The van der Waals surface area contributed by atoms with Crippen LogP contribution in [0.25, 0.3) is 0 Å². The first-order valence-corrected chi connectivity index (χ1v) is 4.36. The summed E-state index contributed by atoms with van der Waals surface area (Å²) in [6.45, 7) is 0. The first-order valence-electron chi connectivity index (χ1n) is 3.99. The number of halogens is 1. The fraction of sp³-hybridized carbons (Fsp3) is 0.111. The maximum absolute atomic E-state index is 11.2. The lowest BCUT2D eigenvalue weighted by Gasteiger charge is -2.04. The Bertz CT molecular complexity index is 406. The molecule has 0 spiro atoms. The van der Waals surface area contributed by atoms with Gasteiger partial charge in [-0.1, -0.05) is 11.6 Å². The summed E-state index contributed by atoms with van der Waals surface area (Å²) in [5.41, 5.74) is 2.43. The van der Waals surface area contributed by atoms with E-state index in [2.05, 4.69) is 4.74 Å². The third-order valence-electron chi connectivity index (χ3n) is 1.77. The van der Waals surface area contributed by atoms with Crippen LogP contribution in [-0.4, -0.2) is 19.0 Å².